The number of hydrogen-bond donors (Lipinski definition) is 2. The molecule has 50 heavy (non-hydrogen) atoms. The third-order valence-electron chi connectivity index (χ3n) is 9.73. The van der Waals surface area contributed by atoms with Crippen LogP contribution in [0, 0.1) is 41.0 Å². The van der Waals surface area contributed by atoms with Crippen LogP contribution in [0.25, 0.3) is 22.3 Å². The summed E-state index contributed by atoms with van der Waals surface area (Å²) >= 11 is 0. The van der Waals surface area contributed by atoms with Crippen LogP contribution < -0.4 is 19.6 Å². The molecule has 6 aromatic carbocycles. The van der Waals surface area contributed by atoms with Crippen LogP contribution in [0.4, 0.5) is 34.1 Å². The zero-order chi connectivity index (χ0) is 33.8. The molecule has 2 N–H and O–H groups in total. The minimum atomic E-state index is 0. The molecule has 2 heterocycles. The summed E-state index contributed by atoms with van der Waals surface area (Å²) in [6.45, 7) is 13.0. The van der Waals surface area contributed by atoms with E-state index in [1.807, 2.05) is 61.9 Å². The Morgan fingerprint density at radius 3 is 1.16 bits per heavy atom. The maximum absolute atomic E-state index is 11.4. The van der Waals surface area contributed by atoms with Gasteiger partial charge in [-0.25, -0.2) is 0 Å². The van der Waals surface area contributed by atoms with Crippen LogP contribution in [0.5, 0.6) is 11.5 Å². The van der Waals surface area contributed by atoms with Gasteiger partial charge in [0.1, 0.15) is 11.5 Å². The number of anilines is 6. The van der Waals surface area contributed by atoms with E-state index in [1.54, 1.807) is 0 Å². The number of phenols is 2. The molecule has 2 aliphatic rings. The average Bonchev–Trinajstić information content (AvgIpc) is 3.63. The quantitative estimate of drug-likeness (QED) is 0.163. The summed E-state index contributed by atoms with van der Waals surface area (Å²) in [6.07, 6.45) is 0. The Balaban J connectivity index is 0.00000392. The summed E-state index contributed by atoms with van der Waals surface area (Å²) in [4.78, 5) is 8.48. The van der Waals surface area contributed by atoms with Crippen LogP contribution in [0.3, 0.4) is 0 Å². The van der Waals surface area contributed by atoms with Crippen molar-refractivity contribution in [2.75, 3.05) is 26.3 Å². The number of rotatable bonds is 6. The van der Waals surface area contributed by atoms with Crippen LogP contribution in [0.2, 0.25) is 0 Å². The first-order chi connectivity index (χ1) is 23.8. The van der Waals surface area contributed by atoms with Gasteiger partial charge < -0.3 is 29.8 Å². The summed E-state index contributed by atoms with van der Waals surface area (Å²) in [5.74, 6) is 0.439. The zero-order valence-electron chi connectivity index (χ0n) is 28.4. The van der Waals surface area contributed by atoms with Gasteiger partial charge in [-0.15, -0.1) is 13.3 Å². The Bertz CT molecular complexity index is 2040. The fraction of sp³-hybridized carbons (Fsp3) is 0.116. The molecule has 6 aromatic rings. The van der Waals surface area contributed by atoms with Gasteiger partial charge in [-0.2, -0.15) is 0 Å². The van der Waals surface area contributed by atoms with E-state index in [9.17, 15) is 10.2 Å². The van der Waals surface area contributed by atoms with E-state index >= 15 is 0 Å². The molecule has 0 fully saturated rings. The molecule has 0 spiro atoms. The van der Waals surface area contributed by atoms with Crippen molar-refractivity contribution in [3.05, 3.63) is 157 Å². The van der Waals surface area contributed by atoms with Crippen molar-refractivity contribution in [2.24, 2.45) is 0 Å². The number of aryl methyl sites for hydroxylation is 4. The number of hydrogen-bond acceptors (Lipinski definition) is 6. The number of nitrogens with zero attached hydrogens (tertiary/aromatic N) is 4. The number of benzene rings is 6. The zero-order valence-corrected chi connectivity index (χ0v) is 30.7. The summed E-state index contributed by atoms with van der Waals surface area (Å²) in [5, 5.41) is 22.8. The van der Waals surface area contributed by atoms with Crippen molar-refractivity contribution in [2.45, 2.75) is 27.7 Å². The van der Waals surface area contributed by atoms with Crippen molar-refractivity contribution < 1.29 is 31.3 Å². The van der Waals surface area contributed by atoms with Crippen LogP contribution in [0.1, 0.15) is 22.3 Å². The van der Waals surface area contributed by atoms with Crippen molar-refractivity contribution in [1.29, 1.82) is 0 Å². The number of para-hydroxylation sites is 4. The van der Waals surface area contributed by atoms with Gasteiger partial charge in [0.05, 0.1) is 11.4 Å². The van der Waals surface area contributed by atoms with E-state index in [-0.39, 0.29) is 32.6 Å². The minimum absolute atomic E-state index is 0. The smallest absolute Gasteiger partial charge is 0.506 e. The normalized spacial score (nSPS) is 13.4. The Morgan fingerprint density at radius 2 is 0.800 bits per heavy atom. The van der Waals surface area contributed by atoms with Crippen LogP contribution in [-0.2, 0) is 21.1 Å². The topological polar surface area (TPSA) is 53.4 Å². The Hall–Kier alpha value is -5.19. The first-order valence-electron chi connectivity index (χ1n) is 16.6. The third kappa shape index (κ3) is 5.68. The number of fused-ring (bicyclic) bond motifs is 2. The fourth-order valence-corrected chi connectivity index (χ4v) is 7.43. The van der Waals surface area contributed by atoms with Gasteiger partial charge in [0.15, 0.2) is 0 Å². The minimum Gasteiger partial charge on any atom is -0.506 e. The van der Waals surface area contributed by atoms with Crippen LogP contribution in [-0.4, -0.2) is 16.9 Å². The molecule has 2 aliphatic heterocycles. The Labute approximate surface area is 308 Å². The van der Waals surface area contributed by atoms with Crippen LogP contribution >= 0.6 is 0 Å². The van der Waals surface area contributed by atoms with E-state index in [2.05, 4.69) is 120 Å². The van der Waals surface area contributed by atoms with E-state index in [4.69, 9.17) is 0 Å². The first-order valence-corrected chi connectivity index (χ1v) is 16.6. The molecular formula is C43H38N4O2Pt. The molecule has 0 amide bonds. The molecule has 0 radical (unpaired) electrons. The van der Waals surface area contributed by atoms with Crippen molar-refractivity contribution in [3.63, 3.8) is 0 Å². The molecule has 0 unspecified atom stereocenters. The monoisotopic (exact) mass is 837 g/mol. The predicted molar refractivity (Wildman–Crippen MR) is 202 cm³/mol. The van der Waals surface area contributed by atoms with Gasteiger partial charge in [0, 0.05) is 29.4 Å². The molecule has 7 heteroatoms. The molecule has 6 nitrogen and oxygen atoms in total. The molecule has 252 valence electrons. The van der Waals surface area contributed by atoms with Gasteiger partial charge in [-0.1, -0.05) is 72.8 Å². The number of phenolic OH excluding ortho intramolecular Hbond substituents is 2. The molecule has 0 aliphatic carbocycles. The van der Waals surface area contributed by atoms with Crippen molar-refractivity contribution in [3.8, 4) is 33.8 Å². The second kappa shape index (κ2) is 13.3. The molecule has 0 saturated carbocycles. The summed E-state index contributed by atoms with van der Waals surface area (Å²) in [5.41, 5.74) is 14.5. The largest absolute Gasteiger partial charge is 2.00 e. The summed E-state index contributed by atoms with van der Waals surface area (Å²) in [6, 6.07) is 40.9. The molecule has 8 rings (SSSR count). The Kier molecular flexibility index (Phi) is 8.83. The van der Waals surface area contributed by atoms with Crippen molar-refractivity contribution in [1.82, 2.24) is 0 Å². The SMILES string of the molecule is Cc1cccc(C)c1-c1ccc(N2[CH-]N(CN3[CH-]N(c4ccc(-c5c(C)cccc5C)cc4O)c4ccccc43)c3ccccc32)c(O)c1.[Pt+2]. The standard InChI is InChI=1S/C43H38N4O2.Pt/c1-28-11-9-12-29(2)42(28)32-19-21-38(40(48)23-32)46-26-44(34-15-5-7-17-36(34)46)25-45-27-47(37-18-8-6-16-35(37)45)39-22-20-33(24-41(39)49)43-30(3)13-10-14-31(43)4;/h5-24,26-27,48-49H,25H2,1-4H3;/q-2;+2. The number of aromatic hydroxyl groups is 2. The van der Waals surface area contributed by atoms with E-state index < -0.39 is 0 Å². The van der Waals surface area contributed by atoms with E-state index in [0.717, 1.165) is 45.0 Å². The van der Waals surface area contributed by atoms with Gasteiger partial charge in [-0.05, 0) is 121 Å². The summed E-state index contributed by atoms with van der Waals surface area (Å²) < 4.78 is 0. The molecule has 0 bridgehead atoms. The van der Waals surface area contributed by atoms with Gasteiger partial charge in [0.25, 0.3) is 0 Å². The Morgan fingerprint density at radius 1 is 0.440 bits per heavy atom. The van der Waals surface area contributed by atoms with Crippen LogP contribution in [0.15, 0.2) is 121 Å². The second-order valence-electron chi connectivity index (χ2n) is 13.0. The molecule has 0 aromatic heterocycles. The maximum Gasteiger partial charge on any atom is 2.00 e. The van der Waals surface area contributed by atoms with Gasteiger partial charge in [-0.3, -0.25) is 0 Å². The average molecular weight is 838 g/mol. The first kappa shape index (κ1) is 33.3. The fourth-order valence-electron chi connectivity index (χ4n) is 7.43. The molecule has 0 atom stereocenters. The van der Waals surface area contributed by atoms with Gasteiger partial charge >= 0.3 is 21.1 Å². The predicted octanol–water partition coefficient (Wildman–Crippen LogP) is 10.5. The van der Waals surface area contributed by atoms with Crippen molar-refractivity contribution >= 4 is 34.1 Å². The maximum atomic E-state index is 11.4. The molecule has 0 saturated heterocycles. The van der Waals surface area contributed by atoms with E-state index in [0.29, 0.717) is 18.0 Å². The molecular weight excluding hydrogens is 800 g/mol. The third-order valence-corrected chi connectivity index (χ3v) is 9.73. The summed E-state index contributed by atoms with van der Waals surface area (Å²) in [7, 11) is 0. The van der Waals surface area contributed by atoms with Gasteiger partial charge in [0.2, 0.25) is 0 Å². The second-order valence-corrected chi connectivity index (χ2v) is 13.0. The van der Waals surface area contributed by atoms with E-state index in [1.165, 1.54) is 22.3 Å².